The first-order valence-electron chi connectivity index (χ1n) is 10.6. The first-order chi connectivity index (χ1) is 14.2. The van der Waals surface area contributed by atoms with E-state index in [9.17, 15) is 9.18 Å². The van der Waals surface area contributed by atoms with Gasteiger partial charge in [-0.15, -0.1) is 0 Å². The molecule has 2 fully saturated rings. The van der Waals surface area contributed by atoms with Crippen molar-refractivity contribution in [3.63, 3.8) is 0 Å². The van der Waals surface area contributed by atoms with Gasteiger partial charge < -0.3 is 15.4 Å². The highest BCUT2D eigenvalue weighted by atomic mass is 19.1. The Kier molecular flexibility index (Phi) is 6.39. The Bertz CT molecular complexity index is 846. The van der Waals surface area contributed by atoms with Crippen molar-refractivity contribution in [3.05, 3.63) is 53.5 Å². The number of hydrogen-bond acceptors (Lipinski definition) is 4. The van der Waals surface area contributed by atoms with Gasteiger partial charge in [-0.25, -0.2) is 9.37 Å². The Labute approximate surface area is 171 Å². The van der Waals surface area contributed by atoms with E-state index in [1.807, 2.05) is 6.07 Å². The van der Waals surface area contributed by atoms with E-state index in [2.05, 4.69) is 15.6 Å². The Hall–Kier alpha value is -2.47. The SMILES string of the molecule is O=C(NCC1CCOCC1)c1cnc(Nc2cccc(F)c2)cc1C1CCCC1. The van der Waals surface area contributed by atoms with Crippen LogP contribution in [0.3, 0.4) is 0 Å². The fourth-order valence-electron chi connectivity index (χ4n) is 4.30. The van der Waals surface area contributed by atoms with Crippen molar-refractivity contribution in [1.82, 2.24) is 10.3 Å². The van der Waals surface area contributed by atoms with Crippen LogP contribution in [-0.2, 0) is 4.74 Å². The quantitative estimate of drug-likeness (QED) is 0.736. The van der Waals surface area contributed by atoms with Crippen LogP contribution in [0, 0.1) is 11.7 Å². The zero-order valence-electron chi connectivity index (χ0n) is 16.6. The summed E-state index contributed by atoms with van der Waals surface area (Å²) >= 11 is 0. The summed E-state index contributed by atoms with van der Waals surface area (Å²) in [6.45, 7) is 2.22. The molecule has 1 aromatic carbocycles. The molecule has 2 N–H and O–H groups in total. The van der Waals surface area contributed by atoms with Gasteiger partial charge in [-0.05, 0) is 67.3 Å². The molecule has 2 heterocycles. The highest BCUT2D eigenvalue weighted by Gasteiger charge is 2.24. The van der Waals surface area contributed by atoms with Crippen molar-refractivity contribution in [2.45, 2.75) is 44.4 Å². The second kappa shape index (κ2) is 9.35. The molecule has 1 amide bonds. The molecule has 0 bridgehead atoms. The fraction of sp³-hybridized carbons (Fsp3) is 0.478. The van der Waals surface area contributed by atoms with Gasteiger partial charge in [0.1, 0.15) is 11.6 Å². The third-order valence-electron chi connectivity index (χ3n) is 5.96. The zero-order chi connectivity index (χ0) is 20.1. The fourth-order valence-corrected chi connectivity index (χ4v) is 4.30. The summed E-state index contributed by atoms with van der Waals surface area (Å²) in [6.07, 6.45) is 8.18. The molecule has 1 aliphatic heterocycles. The molecule has 1 aromatic heterocycles. The largest absolute Gasteiger partial charge is 0.381 e. The topological polar surface area (TPSA) is 63.2 Å². The second-order valence-corrected chi connectivity index (χ2v) is 8.04. The first kappa shape index (κ1) is 19.8. The summed E-state index contributed by atoms with van der Waals surface area (Å²) in [5.74, 6) is 1.14. The van der Waals surface area contributed by atoms with Gasteiger partial charge >= 0.3 is 0 Å². The smallest absolute Gasteiger partial charge is 0.253 e. The highest BCUT2D eigenvalue weighted by molar-refractivity contribution is 5.96. The molecule has 154 valence electrons. The number of hydrogen-bond donors (Lipinski definition) is 2. The van der Waals surface area contributed by atoms with E-state index in [1.165, 1.54) is 25.0 Å². The van der Waals surface area contributed by atoms with Crippen molar-refractivity contribution in [1.29, 1.82) is 0 Å². The first-order valence-corrected chi connectivity index (χ1v) is 10.6. The van der Waals surface area contributed by atoms with Crippen LogP contribution < -0.4 is 10.6 Å². The van der Waals surface area contributed by atoms with Crippen LogP contribution in [0.2, 0.25) is 0 Å². The molecule has 2 aromatic rings. The molecule has 29 heavy (non-hydrogen) atoms. The Morgan fingerprint density at radius 1 is 1.14 bits per heavy atom. The summed E-state index contributed by atoms with van der Waals surface area (Å²) < 4.78 is 18.9. The lowest BCUT2D eigenvalue weighted by atomic mass is 9.93. The van der Waals surface area contributed by atoms with Crippen LogP contribution in [0.25, 0.3) is 0 Å². The number of rotatable bonds is 6. The van der Waals surface area contributed by atoms with Crippen molar-refractivity contribution in [2.24, 2.45) is 5.92 Å². The van der Waals surface area contributed by atoms with E-state index >= 15 is 0 Å². The Morgan fingerprint density at radius 3 is 2.69 bits per heavy atom. The summed E-state index contributed by atoms with van der Waals surface area (Å²) in [5.41, 5.74) is 2.35. The molecule has 2 aliphatic rings. The number of benzene rings is 1. The van der Waals surface area contributed by atoms with E-state index in [4.69, 9.17) is 4.74 Å². The van der Waals surface area contributed by atoms with Gasteiger partial charge in [0, 0.05) is 31.6 Å². The van der Waals surface area contributed by atoms with E-state index in [-0.39, 0.29) is 11.7 Å². The molecule has 0 atom stereocenters. The number of carbonyl (C=O) groups is 1. The third kappa shape index (κ3) is 5.12. The van der Waals surface area contributed by atoms with Crippen LogP contribution >= 0.6 is 0 Å². The van der Waals surface area contributed by atoms with Gasteiger partial charge in [-0.1, -0.05) is 18.9 Å². The van der Waals surface area contributed by atoms with Crippen molar-refractivity contribution in [3.8, 4) is 0 Å². The minimum Gasteiger partial charge on any atom is -0.381 e. The lowest BCUT2D eigenvalue weighted by Crippen LogP contribution is -2.33. The number of nitrogens with zero attached hydrogens (tertiary/aromatic N) is 1. The standard InChI is InChI=1S/C23H28FN3O2/c24-18-6-3-7-19(12-18)27-22-13-20(17-4-1-2-5-17)21(15-25-22)23(28)26-14-16-8-10-29-11-9-16/h3,6-7,12-13,15-17H,1-2,4-5,8-11,14H2,(H,25,27)(H,26,28). The molecule has 0 radical (unpaired) electrons. The number of pyridine rings is 1. The van der Waals surface area contributed by atoms with E-state index in [1.54, 1.807) is 18.3 Å². The van der Waals surface area contributed by atoms with E-state index in [0.717, 1.165) is 44.5 Å². The second-order valence-electron chi connectivity index (χ2n) is 8.04. The van der Waals surface area contributed by atoms with E-state index < -0.39 is 0 Å². The van der Waals surface area contributed by atoms with Gasteiger partial charge in [0.15, 0.2) is 0 Å². The van der Waals surface area contributed by atoms with Crippen LogP contribution in [0.15, 0.2) is 36.5 Å². The molecule has 4 rings (SSSR count). The number of halogens is 1. The molecule has 1 saturated carbocycles. The summed E-state index contributed by atoms with van der Waals surface area (Å²) in [6, 6.07) is 8.27. The van der Waals surface area contributed by atoms with Gasteiger partial charge in [0.25, 0.3) is 5.91 Å². The van der Waals surface area contributed by atoms with Gasteiger partial charge in [0.05, 0.1) is 5.56 Å². The normalized spacial score (nSPS) is 18.0. The molecule has 0 unspecified atom stereocenters. The Morgan fingerprint density at radius 2 is 1.93 bits per heavy atom. The van der Waals surface area contributed by atoms with E-state index in [0.29, 0.717) is 35.4 Å². The molecule has 1 aliphatic carbocycles. The van der Waals surface area contributed by atoms with Gasteiger partial charge in [-0.3, -0.25) is 4.79 Å². The molecule has 6 heteroatoms. The summed E-state index contributed by atoms with van der Waals surface area (Å²) in [7, 11) is 0. The number of nitrogens with one attached hydrogen (secondary N) is 2. The Balaban J connectivity index is 1.51. The molecular formula is C23H28FN3O2. The van der Waals surface area contributed by atoms with Gasteiger partial charge in [0.2, 0.25) is 0 Å². The highest BCUT2D eigenvalue weighted by Crippen LogP contribution is 2.37. The minimum atomic E-state index is -0.296. The van der Waals surface area contributed by atoms with Crippen LogP contribution in [0.5, 0.6) is 0 Å². The lowest BCUT2D eigenvalue weighted by Gasteiger charge is -2.23. The zero-order valence-corrected chi connectivity index (χ0v) is 16.6. The van der Waals surface area contributed by atoms with Crippen molar-refractivity contribution < 1.29 is 13.9 Å². The number of anilines is 2. The maximum atomic E-state index is 13.5. The predicted molar refractivity (Wildman–Crippen MR) is 111 cm³/mol. The third-order valence-corrected chi connectivity index (χ3v) is 5.96. The van der Waals surface area contributed by atoms with Crippen LogP contribution in [0.4, 0.5) is 15.9 Å². The molecule has 5 nitrogen and oxygen atoms in total. The number of ether oxygens (including phenoxy) is 1. The molecule has 1 saturated heterocycles. The maximum Gasteiger partial charge on any atom is 0.253 e. The summed E-state index contributed by atoms with van der Waals surface area (Å²) in [4.78, 5) is 17.4. The predicted octanol–water partition coefficient (Wildman–Crippen LogP) is 4.78. The average molecular weight is 397 g/mol. The number of amides is 1. The van der Waals surface area contributed by atoms with Crippen LogP contribution in [-0.4, -0.2) is 30.6 Å². The van der Waals surface area contributed by atoms with Crippen molar-refractivity contribution in [2.75, 3.05) is 25.1 Å². The average Bonchev–Trinajstić information content (AvgIpc) is 3.28. The maximum absolute atomic E-state index is 13.5. The summed E-state index contributed by atoms with van der Waals surface area (Å²) in [5, 5.41) is 6.27. The minimum absolute atomic E-state index is 0.0526. The lowest BCUT2D eigenvalue weighted by molar-refractivity contribution is 0.0642. The number of aromatic nitrogens is 1. The van der Waals surface area contributed by atoms with Crippen LogP contribution in [0.1, 0.15) is 60.4 Å². The van der Waals surface area contributed by atoms with Crippen molar-refractivity contribution >= 4 is 17.4 Å². The van der Waals surface area contributed by atoms with Gasteiger partial charge in [-0.2, -0.15) is 0 Å². The number of carbonyl (C=O) groups excluding carboxylic acids is 1. The monoisotopic (exact) mass is 397 g/mol. The molecule has 0 spiro atoms. The molecular weight excluding hydrogens is 369 g/mol.